The largest absolute Gasteiger partial charge is 0.243 e. The molecule has 1 fully saturated rings. The number of nitrogens with zero attached hydrogens (tertiary/aromatic N) is 1. The van der Waals surface area contributed by atoms with E-state index in [0.29, 0.717) is 18.0 Å². The summed E-state index contributed by atoms with van der Waals surface area (Å²) in [6.07, 6.45) is 1.95. The Balaban J connectivity index is 2.69. The number of sulfonamides is 1. The van der Waals surface area contributed by atoms with Gasteiger partial charge in [0.05, 0.1) is 4.90 Å². The van der Waals surface area contributed by atoms with Gasteiger partial charge in [-0.3, -0.25) is 0 Å². The zero-order valence-electron chi connectivity index (χ0n) is 12.5. The number of benzene rings is 1. The highest BCUT2D eigenvalue weighted by atomic mass is 32.2. The van der Waals surface area contributed by atoms with Crippen LogP contribution in [0.4, 0.5) is 0 Å². The van der Waals surface area contributed by atoms with Crippen molar-refractivity contribution in [3.8, 4) is 0 Å². The topological polar surface area (TPSA) is 37.4 Å². The summed E-state index contributed by atoms with van der Waals surface area (Å²) in [5, 5.41) is 0. The fraction of sp³-hybridized carbons (Fsp3) is 0.600. The van der Waals surface area contributed by atoms with Gasteiger partial charge in [-0.25, -0.2) is 8.42 Å². The van der Waals surface area contributed by atoms with Crippen molar-refractivity contribution in [1.29, 1.82) is 0 Å². The summed E-state index contributed by atoms with van der Waals surface area (Å²) < 4.78 is 27.3. The number of rotatable bonds is 2. The molecule has 0 amide bonds. The van der Waals surface area contributed by atoms with E-state index in [1.165, 1.54) is 5.56 Å². The Morgan fingerprint density at radius 3 is 1.53 bits per heavy atom. The Hall–Kier alpha value is -0.870. The minimum atomic E-state index is -3.33. The minimum absolute atomic E-state index is 0.537. The monoisotopic (exact) mass is 281 g/mol. The van der Waals surface area contributed by atoms with Crippen LogP contribution in [0, 0.1) is 34.6 Å². The lowest BCUT2D eigenvalue weighted by atomic mass is 9.95. The van der Waals surface area contributed by atoms with Gasteiger partial charge < -0.3 is 0 Å². The molecule has 4 heteroatoms. The van der Waals surface area contributed by atoms with Crippen LogP contribution in [0.2, 0.25) is 0 Å². The Morgan fingerprint density at radius 2 is 1.11 bits per heavy atom. The van der Waals surface area contributed by atoms with Crippen molar-refractivity contribution in [1.82, 2.24) is 4.31 Å². The fourth-order valence-electron chi connectivity index (χ4n) is 2.91. The van der Waals surface area contributed by atoms with Crippen LogP contribution in [0.15, 0.2) is 4.90 Å². The molecule has 0 bridgehead atoms. The van der Waals surface area contributed by atoms with E-state index >= 15 is 0 Å². The first-order valence-electron chi connectivity index (χ1n) is 6.85. The molecule has 1 aliphatic heterocycles. The Bertz CT molecular complexity index is 583. The lowest BCUT2D eigenvalue weighted by Crippen LogP contribution is -2.29. The molecule has 19 heavy (non-hydrogen) atoms. The quantitative estimate of drug-likeness (QED) is 0.835. The molecule has 0 atom stereocenters. The van der Waals surface area contributed by atoms with Gasteiger partial charge in [-0.1, -0.05) is 0 Å². The Labute approximate surface area is 116 Å². The molecule has 0 aliphatic carbocycles. The molecule has 0 radical (unpaired) electrons. The van der Waals surface area contributed by atoms with Crippen molar-refractivity contribution in [3.05, 3.63) is 27.8 Å². The van der Waals surface area contributed by atoms with Crippen molar-refractivity contribution in [2.45, 2.75) is 52.4 Å². The normalized spacial score (nSPS) is 17.1. The smallest absolute Gasteiger partial charge is 0.207 e. The first kappa shape index (κ1) is 14.5. The SMILES string of the molecule is Cc1c(C)c(C)c(S(=O)(=O)N2CCCC2)c(C)c1C. The van der Waals surface area contributed by atoms with Crippen LogP contribution in [0.5, 0.6) is 0 Å². The van der Waals surface area contributed by atoms with Crippen molar-refractivity contribution < 1.29 is 8.42 Å². The van der Waals surface area contributed by atoms with Crippen molar-refractivity contribution >= 4 is 10.0 Å². The summed E-state index contributed by atoms with van der Waals surface area (Å²) in [6.45, 7) is 11.3. The third-order valence-corrected chi connectivity index (χ3v) is 6.77. The third kappa shape index (κ3) is 2.21. The minimum Gasteiger partial charge on any atom is -0.207 e. The average Bonchev–Trinajstić information content (AvgIpc) is 2.88. The molecule has 3 nitrogen and oxygen atoms in total. The van der Waals surface area contributed by atoms with Crippen molar-refractivity contribution in [3.63, 3.8) is 0 Å². The number of hydrogen-bond acceptors (Lipinski definition) is 2. The second kappa shape index (κ2) is 4.91. The fourth-order valence-corrected chi connectivity index (χ4v) is 4.99. The Morgan fingerprint density at radius 1 is 0.737 bits per heavy atom. The van der Waals surface area contributed by atoms with E-state index in [1.54, 1.807) is 4.31 Å². The maximum absolute atomic E-state index is 12.8. The van der Waals surface area contributed by atoms with E-state index in [1.807, 2.05) is 27.7 Å². The molecule has 1 saturated heterocycles. The molecule has 2 rings (SSSR count). The summed E-state index contributed by atoms with van der Waals surface area (Å²) in [6, 6.07) is 0. The van der Waals surface area contributed by atoms with Gasteiger partial charge in [0.15, 0.2) is 0 Å². The third-order valence-electron chi connectivity index (χ3n) is 4.59. The van der Waals surface area contributed by atoms with Crippen LogP contribution in [-0.4, -0.2) is 25.8 Å². The van der Waals surface area contributed by atoms with Crippen LogP contribution in [0.25, 0.3) is 0 Å². The van der Waals surface area contributed by atoms with Gasteiger partial charge in [-0.05, 0) is 75.3 Å². The highest BCUT2D eigenvalue weighted by Crippen LogP contribution is 2.32. The van der Waals surface area contributed by atoms with Crippen LogP contribution >= 0.6 is 0 Å². The molecule has 1 aliphatic rings. The van der Waals surface area contributed by atoms with Crippen molar-refractivity contribution in [2.75, 3.05) is 13.1 Å². The lowest BCUT2D eigenvalue weighted by Gasteiger charge is -2.23. The van der Waals surface area contributed by atoms with Gasteiger partial charge in [-0.2, -0.15) is 4.31 Å². The van der Waals surface area contributed by atoms with Gasteiger partial charge in [0.25, 0.3) is 0 Å². The maximum atomic E-state index is 12.8. The molecule has 0 spiro atoms. The summed E-state index contributed by atoms with van der Waals surface area (Å²) >= 11 is 0. The molecule has 1 aromatic carbocycles. The van der Waals surface area contributed by atoms with E-state index in [2.05, 4.69) is 6.92 Å². The molecule has 0 aromatic heterocycles. The standard InChI is InChI=1S/C15H23NO2S/c1-10-11(2)13(4)15(14(5)12(10)3)19(17,18)16-8-6-7-9-16/h6-9H2,1-5H3. The van der Waals surface area contributed by atoms with Crippen LogP contribution in [0.1, 0.15) is 40.7 Å². The first-order valence-corrected chi connectivity index (χ1v) is 8.29. The molecule has 1 aromatic rings. The molecule has 0 N–H and O–H groups in total. The molecular formula is C15H23NO2S. The zero-order chi connectivity index (χ0) is 14.4. The Kier molecular flexibility index (Phi) is 3.76. The van der Waals surface area contributed by atoms with Crippen LogP contribution < -0.4 is 0 Å². The average molecular weight is 281 g/mol. The summed E-state index contributed by atoms with van der Waals surface area (Å²) in [5.41, 5.74) is 5.22. The molecule has 0 unspecified atom stereocenters. The van der Waals surface area contributed by atoms with Gasteiger partial charge in [0.2, 0.25) is 10.0 Å². The lowest BCUT2D eigenvalue weighted by molar-refractivity contribution is 0.476. The summed E-state index contributed by atoms with van der Waals surface area (Å²) in [4.78, 5) is 0.537. The summed E-state index contributed by atoms with van der Waals surface area (Å²) in [5.74, 6) is 0. The molecule has 0 saturated carbocycles. The number of hydrogen-bond donors (Lipinski definition) is 0. The first-order chi connectivity index (χ1) is 8.78. The van der Waals surface area contributed by atoms with E-state index in [4.69, 9.17) is 0 Å². The van der Waals surface area contributed by atoms with E-state index in [-0.39, 0.29) is 0 Å². The van der Waals surface area contributed by atoms with Gasteiger partial charge >= 0.3 is 0 Å². The van der Waals surface area contributed by atoms with E-state index in [0.717, 1.165) is 35.1 Å². The van der Waals surface area contributed by atoms with Gasteiger partial charge in [0.1, 0.15) is 0 Å². The zero-order valence-corrected chi connectivity index (χ0v) is 13.3. The highest BCUT2D eigenvalue weighted by Gasteiger charge is 2.31. The maximum Gasteiger partial charge on any atom is 0.243 e. The van der Waals surface area contributed by atoms with Gasteiger partial charge in [0, 0.05) is 13.1 Å². The van der Waals surface area contributed by atoms with Crippen molar-refractivity contribution in [2.24, 2.45) is 0 Å². The molecule has 1 heterocycles. The highest BCUT2D eigenvalue weighted by molar-refractivity contribution is 7.89. The predicted octanol–water partition coefficient (Wildman–Crippen LogP) is 3.01. The second-order valence-corrected chi connectivity index (χ2v) is 7.44. The van der Waals surface area contributed by atoms with Gasteiger partial charge in [-0.15, -0.1) is 0 Å². The van der Waals surface area contributed by atoms with E-state index in [9.17, 15) is 8.42 Å². The molecule has 106 valence electrons. The van der Waals surface area contributed by atoms with Crippen LogP contribution in [0.3, 0.4) is 0 Å². The van der Waals surface area contributed by atoms with E-state index < -0.39 is 10.0 Å². The predicted molar refractivity (Wildman–Crippen MR) is 78.1 cm³/mol. The molecular weight excluding hydrogens is 258 g/mol. The van der Waals surface area contributed by atoms with Crippen LogP contribution in [-0.2, 0) is 10.0 Å². The summed E-state index contributed by atoms with van der Waals surface area (Å²) in [7, 11) is -3.33. The second-order valence-electron chi connectivity index (χ2n) is 5.57.